The van der Waals surface area contributed by atoms with Crippen LogP contribution in [0.3, 0.4) is 0 Å². The summed E-state index contributed by atoms with van der Waals surface area (Å²) in [5.74, 6) is -0.0831. The van der Waals surface area contributed by atoms with E-state index in [0.717, 1.165) is 0 Å². The third-order valence-corrected chi connectivity index (χ3v) is 5.88. The van der Waals surface area contributed by atoms with Crippen molar-refractivity contribution >= 4 is 33.4 Å². The molecule has 0 bridgehead atoms. The van der Waals surface area contributed by atoms with Gasteiger partial charge in [-0.25, -0.2) is 13.1 Å². The largest absolute Gasteiger partial charge is 0.493 e. The second kappa shape index (κ2) is 11.6. The molecule has 2 aromatic rings. The molecule has 0 radical (unpaired) electrons. The van der Waals surface area contributed by atoms with Gasteiger partial charge in [0.05, 0.1) is 32.8 Å². The molecule has 0 atom stereocenters. The number of benzene rings is 2. The summed E-state index contributed by atoms with van der Waals surface area (Å²) in [6.45, 7) is -0.323. The van der Waals surface area contributed by atoms with Crippen LogP contribution in [-0.4, -0.2) is 61.2 Å². The zero-order chi connectivity index (χ0) is 23.7. The number of carbonyl (C=O) groups excluding carboxylic acids is 2. The van der Waals surface area contributed by atoms with E-state index in [1.165, 1.54) is 51.7 Å². The van der Waals surface area contributed by atoms with Crippen LogP contribution in [0.15, 0.2) is 41.3 Å². The first-order valence-electron chi connectivity index (χ1n) is 9.32. The van der Waals surface area contributed by atoms with E-state index in [4.69, 9.17) is 25.8 Å². The predicted molar refractivity (Wildman–Crippen MR) is 118 cm³/mol. The first-order chi connectivity index (χ1) is 15.2. The molecule has 2 amide bonds. The lowest BCUT2D eigenvalue weighted by atomic mass is 10.1. The van der Waals surface area contributed by atoms with Gasteiger partial charge in [0.15, 0.2) is 11.5 Å². The number of rotatable bonds is 11. The van der Waals surface area contributed by atoms with Gasteiger partial charge in [-0.3, -0.25) is 9.59 Å². The average molecular weight is 486 g/mol. The molecule has 0 aromatic heterocycles. The molecule has 32 heavy (non-hydrogen) atoms. The number of hydrogen-bond acceptors (Lipinski definition) is 7. The van der Waals surface area contributed by atoms with E-state index in [2.05, 4.69) is 15.4 Å². The molecule has 2 aromatic carbocycles. The quantitative estimate of drug-likeness (QED) is 0.407. The standard InChI is InChI=1S/C20H24ClN3O7S/c1-29-16-9-13(10-17(30-2)19(16)31-3)20(26)23-12-18(25)22-7-8-24-32(27,28)15-6-4-5-14(21)11-15/h4-6,9-11,24H,7-8,12H2,1-3H3,(H,22,25)(H,23,26). The van der Waals surface area contributed by atoms with Crippen LogP contribution in [0.2, 0.25) is 5.02 Å². The van der Waals surface area contributed by atoms with Gasteiger partial charge in [-0.05, 0) is 30.3 Å². The summed E-state index contributed by atoms with van der Waals surface area (Å²) < 4.78 is 42.3. The minimum absolute atomic E-state index is 0.0222. The molecule has 0 unspecified atom stereocenters. The molecule has 0 aliphatic carbocycles. The molecular formula is C20H24ClN3O7S. The summed E-state index contributed by atoms with van der Waals surface area (Å²) in [6, 6.07) is 8.73. The van der Waals surface area contributed by atoms with Crippen molar-refractivity contribution in [3.05, 3.63) is 47.0 Å². The average Bonchev–Trinajstić information content (AvgIpc) is 2.79. The summed E-state index contributed by atoms with van der Waals surface area (Å²) in [5, 5.41) is 5.28. The van der Waals surface area contributed by atoms with Gasteiger partial charge in [0.2, 0.25) is 21.7 Å². The smallest absolute Gasteiger partial charge is 0.251 e. The predicted octanol–water partition coefficient (Wildman–Crippen LogP) is 1.19. The Morgan fingerprint density at radius 2 is 1.59 bits per heavy atom. The van der Waals surface area contributed by atoms with Crippen molar-refractivity contribution in [2.75, 3.05) is 41.0 Å². The van der Waals surface area contributed by atoms with Gasteiger partial charge in [-0.1, -0.05) is 17.7 Å². The van der Waals surface area contributed by atoms with Gasteiger partial charge in [0.25, 0.3) is 5.91 Å². The van der Waals surface area contributed by atoms with E-state index in [1.807, 2.05) is 0 Å². The summed E-state index contributed by atoms with van der Waals surface area (Å²) in [5.41, 5.74) is 0.210. The third kappa shape index (κ3) is 6.74. The maximum absolute atomic E-state index is 12.4. The van der Waals surface area contributed by atoms with Crippen LogP contribution in [-0.2, 0) is 14.8 Å². The first-order valence-corrected chi connectivity index (χ1v) is 11.2. The second-order valence-electron chi connectivity index (χ2n) is 6.30. The molecular weight excluding hydrogens is 462 g/mol. The normalized spacial score (nSPS) is 10.9. The lowest BCUT2D eigenvalue weighted by Gasteiger charge is -2.14. The van der Waals surface area contributed by atoms with Crippen LogP contribution in [0, 0.1) is 0 Å². The minimum Gasteiger partial charge on any atom is -0.493 e. The Kier molecular flexibility index (Phi) is 9.12. The van der Waals surface area contributed by atoms with E-state index >= 15 is 0 Å². The Morgan fingerprint density at radius 3 is 2.16 bits per heavy atom. The highest BCUT2D eigenvalue weighted by molar-refractivity contribution is 7.89. The summed E-state index contributed by atoms with van der Waals surface area (Å²) in [6.07, 6.45) is 0. The van der Waals surface area contributed by atoms with Gasteiger partial charge in [-0.2, -0.15) is 0 Å². The maximum Gasteiger partial charge on any atom is 0.251 e. The lowest BCUT2D eigenvalue weighted by molar-refractivity contribution is -0.120. The van der Waals surface area contributed by atoms with Crippen molar-refractivity contribution in [3.8, 4) is 17.2 Å². The van der Waals surface area contributed by atoms with Gasteiger partial charge < -0.3 is 24.8 Å². The van der Waals surface area contributed by atoms with Crippen LogP contribution in [0.4, 0.5) is 0 Å². The molecule has 0 heterocycles. The number of nitrogens with one attached hydrogen (secondary N) is 3. The molecule has 10 nitrogen and oxygen atoms in total. The SMILES string of the molecule is COc1cc(C(=O)NCC(=O)NCCNS(=O)(=O)c2cccc(Cl)c2)cc(OC)c1OC. The number of ether oxygens (including phenoxy) is 3. The van der Waals surface area contributed by atoms with Gasteiger partial charge in [0.1, 0.15) is 0 Å². The third-order valence-electron chi connectivity index (χ3n) is 4.18. The van der Waals surface area contributed by atoms with Crippen LogP contribution in [0.25, 0.3) is 0 Å². The van der Waals surface area contributed by atoms with Crippen molar-refractivity contribution in [3.63, 3.8) is 0 Å². The van der Waals surface area contributed by atoms with Crippen molar-refractivity contribution < 1.29 is 32.2 Å². The molecule has 0 spiro atoms. The van der Waals surface area contributed by atoms with E-state index in [0.29, 0.717) is 22.3 Å². The molecule has 0 aliphatic rings. The number of sulfonamides is 1. The topological polar surface area (TPSA) is 132 Å². The highest BCUT2D eigenvalue weighted by Gasteiger charge is 2.18. The Bertz CT molecular complexity index is 1050. The zero-order valence-electron chi connectivity index (χ0n) is 17.7. The van der Waals surface area contributed by atoms with Crippen molar-refractivity contribution in [2.45, 2.75) is 4.90 Å². The highest BCUT2D eigenvalue weighted by atomic mass is 35.5. The van der Waals surface area contributed by atoms with Gasteiger partial charge >= 0.3 is 0 Å². The van der Waals surface area contributed by atoms with Crippen LogP contribution in [0.1, 0.15) is 10.4 Å². The number of carbonyl (C=O) groups is 2. The van der Waals surface area contributed by atoms with Crippen LogP contribution >= 0.6 is 11.6 Å². The Balaban J connectivity index is 1.84. The van der Waals surface area contributed by atoms with Crippen LogP contribution in [0.5, 0.6) is 17.2 Å². The molecule has 12 heteroatoms. The van der Waals surface area contributed by atoms with Crippen molar-refractivity contribution in [2.24, 2.45) is 0 Å². The highest BCUT2D eigenvalue weighted by Crippen LogP contribution is 2.38. The van der Waals surface area contributed by atoms with Crippen molar-refractivity contribution in [1.82, 2.24) is 15.4 Å². The molecule has 2 rings (SSSR count). The van der Waals surface area contributed by atoms with E-state index in [1.54, 1.807) is 6.07 Å². The van der Waals surface area contributed by atoms with Gasteiger partial charge in [0, 0.05) is 23.7 Å². The Hall–Kier alpha value is -3.02. The fraction of sp³-hybridized carbons (Fsp3) is 0.300. The minimum atomic E-state index is -3.75. The first kappa shape index (κ1) is 25.2. The molecule has 0 saturated carbocycles. The maximum atomic E-state index is 12.4. The summed E-state index contributed by atoms with van der Waals surface area (Å²) in [4.78, 5) is 24.4. The lowest BCUT2D eigenvalue weighted by Crippen LogP contribution is -2.40. The second-order valence-corrected chi connectivity index (χ2v) is 8.51. The Morgan fingerprint density at radius 1 is 0.938 bits per heavy atom. The molecule has 174 valence electrons. The fourth-order valence-corrected chi connectivity index (χ4v) is 3.97. The summed E-state index contributed by atoms with van der Waals surface area (Å²) >= 11 is 5.80. The number of halogens is 1. The molecule has 0 aliphatic heterocycles. The summed E-state index contributed by atoms with van der Waals surface area (Å²) in [7, 11) is 0.540. The van der Waals surface area contributed by atoms with E-state index in [-0.39, 0.29) is 30.1 Å². The monoisotopic (exact) mass is 485 g/mol. The van der Waals surface area contributed by atoms with E-state index in [9.17, 15) is 18.0 Å². The van der Waals surface area contributed by atoms with Crippen LogP contribution < -0.4 is 29.6 Å². The number of hydrogen-bond donors (Lipinski definition) is 3. The van der Waals surface area contributed by atoms with Gasteiger partial charge in [-0.15, -0.1) is 0 Å². The number of methoxy groups -OCH3 is 3. The van der Waals surface area contributed by atoms with E-state index < -0.39 is 21.8 Å². The number of amides is 2. The molecule has 0 fully saturated rings. The zero-order valence-corrected chi connectivity index (χ0v) is 19.3. The molecule has 3 N–H and O–H groups in total. The van der Waals surface area contributed by atoms with Crippen molar-refractivity contribution in [1.29, 1.82) is 0 Å². The Labute approximate surface area is 191 Å². The fourth-order valence-electron chi connectivity index (χ4n) is 2.64. The molecule has 0 saturated heterocycles.